The quantitative estimate of drug-likeness (QED) is 0.823. The Morgan fingerprint density at radius 3 is 2.10 bits per heavy atom. The van der Waals surface area contributed by atoms with Gasteiger partial charge in [-0.25, -0.2) is 4.79 Å². The maximum absolute atomic E-state index is 12.3. The van der Waals surface area contributed by atoms with Crippen LogP contribution in [-0.4, -0.2) is 41.1 Å². The van der Waals surface area contributed by atoms with Gasteiger partial charge in [-0.3, -0.25) is 4.79 Å². The van der Waals surface area contributed by atoms with Crippen LogP contribution >= 0.6 is 0 Å². The lowest BCUT2D eigenvalue weighted by atomic mass is 9.80. The maximum atomic E-state index is 12.3. The van der Waals surface area contributed by atoms with Crippen molar-refractivity contribution < 1.29 is 14.7 Å². The normalized spacial score (nSPS) is 32.5. The van der Waals surface area contributed by atoms with Gasteiger partial charge in [0.15, 0.2) is 0 Å². The fraction of sp³-hybridized carbons (Fsp3) is 0.875. The van der Waals surface area contributed by atoms with E-state index in [-0.39, 0.29) is 12.1 Å². The molecule has 5 heteroatoms. The number of hydrogen-bond acceptors (Lipinski definition) is 2. The fourth-order valence-electron chi connectivity index (χ4n) is 3.75. The topological polar surface area (TPSA) is 69.6 Å². The largest absolute Gasteiger partial charge is 0.481 e. The molecule has 0 radical (unpaired) electrons. The predicted octanol–water partition coefficient (Wildman–Crippen LogP) is 2.71. The Kier molecular flexibility index (Phi) is 4.79. The lowest BCUT2D eigenvalue weighted by Gasteiger charge is -2.38. The minimum Gasteiger partial charge on any atom is -0.481 e. The Morgan fingerprint density at radius 1 is 1.10 bits per heavy atom. The Morgan fingerprint density at radius 2 is 1.62 bits per heavy atom. The summed E-state index contributed by atoms with van der Waals surface area (Å²) in [6, 6.07) is 0.248. The van der Waals surface area contributed by atoms with Crippen LogP contribution in [0.1, 0.15) is 52.9 Å². The van der Waals surface area contributed by atoms with E-state index in [2.05, 4.69) is 19.2 Å². The van der Waals surface area contributed by atoms with Crippen molar-refractivity contribution in [3.63, 3.8) is 0 Å². The van der Waals surface area contributed by atoms with Gasteiger partial charge in [-0.05, 0) is 50.9 Å². The van der Waals surface area contributed by atoms with E-state index in [4.69, 9.17) is 0 Å². The zero-order valence-electron chi connectivity index (χ0n) is 13.4. The first-order valence-electron chi connectivity index (χ1n) is 8.09. The molecule has 0 spiro atoms. The van der Waals surface area contributed by atoms with Gasteiger partial charge in [0.25, 0.3) is 0 Å². The van der Waals surface area contributed by atoms with E-state index in [0.29, 0.717) is 37.8 Å². The number of rotatable bonds is 2. The van der Waals surface area contributed by atoms with Gasteiger partial charge in [-0.15, -0.1) is 0 Å². The molecule has 2 unspecified atom stereocenters. The van der Waals surface area contributed by atoms with E-state index in [1.165, 1.54) is 6.42 Å². The van der Waals surface area contributed by atoms with Gasteiger partial charge in [0.2, 0.25) is 0 Å². The van der Waals surface area contributed by atoms with Crippen LogP contribution in [-0.2, 0) is 4.79 Å². The molecule has 1 heterocycles. The molecule has 2 amide bonds. The lowest BCUT2D eigenvalue weighted by molar-refractivity contribution is -0.150. The summed E-state index contributed by atoms with van der Waals surface area (Å²) in [5.41, 5.74) is -0.676. The van der Waals surface area contributed by atoms with Gasteiger partial charge in [0.05, 0.1) is 5.41 Å². The molecule has 2 N–H and O–H groups in total. The average molecular weight is 296 g/mol. The number of likely N-dealkylation sites (tertiary alicyclic amines) is 1. The summed E-state index contributed by atoms with van der Waals surface area (Å²) in [5.74, 6) is 0.573. The highest BCUT2D eigenvalue weighted by Gasteiger charge is 2.38. The summed E-state index contributed by atoms with van der Waals surface area (Å²) in [4.78, 5) is 25.3. The van der Waals surface area contributed by atoms with E-state index in [1.807, 2.05) is 0 Å². The molecule has 2 rings (SSSR count). The third kappa shape index (κ3) is 3.89. The minimum absolute atomic E-state index is 0.0197. The summed E-state index contributed by atoms with van der Waals surface area (Å²) >= 11 is 0. The lowest BCUT2D eigenvalue weighted by Crippen LogP contribution is -2.51. The Bertz CT molecular complexity index is 392. The zero-order valence-corrected chi connectivity index (χ0v) is 13.4. The number of urea groups is 1. The molecule has 1 aliphatic heterocycles. The number of hydrogen-bond donors (Lipinski definition) is 2. The van der Waals surface area contributed by atoms with Gasteiger partial charge < -0.3 is 15.3 Å². The number of carbonyl (C=O) groups is 2. The van der Waals surface area contributed by atoms with E-state index >= 15 is 0 Å². The molecule has 2 atom stereocenters. The van der Waals surface area contributed by atoms with Gasteiger partial charge in [-0.2, -0.15) is 0 Å². The number of nitrogens with one attached hydrogen (secondary N) is 1. The molecule has 0 aromatic rings. The standard InChI is InChI=1S/C16H28N2O3/c1-11-8-12(2)10-13(9-11)17-15(21)18-6-4-16(3,5-7-18)14(19)20/h11-13H,4-10H2,1-3H3,(H,17,21)(H,19,20). The average Bonchev–Trinajstić information content (AvgIpc) is 2.37. The highest BCUT2D eigenvalue weighted by Crippen LogP contribution is 2.32. The first kappa shape index (κ1) is 16.1. The van der Waals surface area contributed by atoms with E-state index in [1.54, 1.807) is 11.8 Å². The Balaban J connectivity index is 1.84. The highest BCUT2D eigenvalue weighted by atomic mass is 16.4. The molecule has 21 heavy (non-hydrogen) atoms. The van der Waals surface area contributed by atoms with Crippen molar-refractivity contribution in [3.05, 3.63) is 0 Å². The Hall–Kier alpha value is -1.26. The van der Waals surface area contributed by atoms with Gasteiger partial charge in [0, 0.05) is 19.1 Å². The first-order valence-corrected chi connectivity index (χ1v) is 8.09. The molecule has 0 bridgehead atoms. The van der Waals surface area contributed by atoms with Crippen LogP contribution in [0.3, 0.4) is 0 Å². The van der Waals surface area contributed by atoms with Gasteiger partial charge in [-0.1, -0.05) is 13.8 Å². The van der Waals surface area contributed by atoms with Crippen LogP contribution in [0.4, 0.5) is 4.79 Å². The third-order valence-corrected chi connectivity index (χ3v) is 5.18. The van der Waals surface area contributed by atoms with Crippen LogP contribution in [0.2, 0.25) is 0 Å². The number of carboxylic acid groups (broad SMARTS) is 1. The summed E-state index contributed by atoms with van der Waals surface area (Å²) in [6.45, 7) is 7.33. The smallest absolute Gasteiger partial charge is 0.317 e. The summed E-state index contributed by atoms with van der Waals surface area (Å²) in [5, 5.41) is 12.4. The van der Waals surface area contributed by atoms with Crippen LogP contribution in [0.5, 0.6) is 0 Å². The van der Waals surface area contributed by atoms with Crippen LogP contribution in [0.25, 0.3) is 0 Å². The first-order chi connectivity index (χ1) is 9.80. The van der Waals surface area contributed by atoms with E-state index in [0.717, 1.165) is 12.8 Å². The molecule has 0 aromatic carbocycles. The molecule has 2 fully saturated rings. The van der Waals surface area contributed by atoms with Crippen LogP contribution < -0.4 is 5.32 Å². The fourth-order valence-corrected chi connectivity index (χ4v) is 3.75. The second kappa shape index (κ2) is 6.24. The van der Waals surface area contributed by atoms with Crippen molar-refractivity contribution in [2.45, 2.75) is 58.9 Å². The summed E-state index contributed by atoms with van der Waals surface area (Å²) in [7, 11) is 0. The number of carbonyl (C=O) groups excluding carboxylic acids is 1. The van der Waals surface area contributed by atoms with Crippen molar-refractivity contribution in [1.29, 1.82) is 0 Å². The van der Waals surface area contributed by atoms with Crippen molar-refractivity contribution in [2.24, 2.45) is 17.3 Å². The Labute approximate surface area is 127 Å². The van der Waals surface area contributed by atoms with Gasteiger partial charge >= 0.3 is 12.0 Å². The van der Waals surface area contributed by atoms with Gasteiger partial charge in [0.1, 0.15) is 0 Å². The van der Waals surface area contributed by atoms with Crippen LogP contribution in [0.15, 0.2) is 0 Å². The molecular weight excluding hydrogens is 268 g/mol. The molecule has 0 aromatic heterocycles. The second-order valence-electron chi connectivity index (χ2n) is 7.42. The van der Waals surface area contributed by atoms with E-state index < -0.39 is 11.4 Å². The SMILES string of the molecule is CC1CC(C)CC(NC(=O)N2CCC(C)(C(=O)O)CC2)C1. The van der Waals surface area contributed by atoms with Crippen molar-refractivity contribution in [3.8, 4) is 0 Å². The number of amides is 2. The highest BCUT2D eigenvalue weighted by molar-refractivity contribution is 5.77. The van der Waals surface area contributed by atoms with Crippen molar-refractivity contribution in [2.75, 3.05) is 13.1 Å². The summed E-state index contributed by atoms with van der Waals surface area (Å²) < 4.78 is 0. The third-order valence-electron chi connectivity index (χ3n) is 5.18. The number of carboxylic acids is 1. The predicted molar refractivity (Wildman–Crippen MR) is 81.0 cm³/mol. The maximum Gasteiger partial charge on any atom is 0.317 e. The zero-order chi connectivity index (χ0) is 15.6. The molecule has 1 saturated carbocycles. The van der Waals surface area contributed by atoms with Crippen molar-refractivity contribution in [1.82, 2.24) is 10.2 Å². The summed E-state index contributed by atoms with van der Waals surface area (Å²) in [6.07, 6.45) is 4.42. The molecule has 5 nitrogen and oxygen atoms in total. The molecule has 2 aliphatic rings. The molecule has 1 aliphatic carbocycles. The minimum atomic E-state index is -0.752. The van der Waals surface area contributed by atoms with Crippen molar-refractivity contribution >= 4 is 12.0 Å². The monoisotopic (exact) mass is 296 g/mol. The molecular formula is C16H28N2O3. The molecule has 120 valence electrons. The number of piperidine rings is 1. The second-order valence-corrected chi connectivity index (χ2v) is 7.42. The number of aliphatic carboxylic acids is 1. The number of nitrogens with zero attached hydrogens (tertiary/aromatic N) is 1. The van der Waals surface area contributed by atoms with Crippen LogP contribution in [0, 0.1) is 17.3 Å². The van der Waals surface area contributed by atoms with E-state index in [9.17, 15) is 14.7 Å². The molecule has 1 saturated heterocycles.